The number of morpholine rings is 1. The summed E-state index contributed by atoms with van der Waals surface area (Å²) >= 11 is 1.62. The zero-order chi connectivity index (χ0) is 16.9. The van der Waals surface area contributed by atoms with E-state index < -0.39 is 0 Å². The minimum Gasteiger partial charge on any atom is -0.379 e. The maximum Gasteiger partial charge on any atom is 0.236 e. The van der Waals surface area contributed by atoms with E-state index in [1.165, 1.54) is 0 Å². The highest BCUT2D eigenvalue weighted by molar-refractivity contribution is 7.10. The molecular formula is C17H24N4O2S. The number of hydrogen-bond acceptors (Lipinski definition) is 6. The molecule has 0 bridgehead atoms. The second kappa shape index (κ2) is 8.08. The van der Waals surface area contributed by atoms with Gasteiger partial charge in [0.05, 0.1) is 25.8 Å². The smallest absolute Gasteiger partial charge is 0.236 e. The van der Waals surface area contributed by atoms with Crippen LogP contribution in [-0.4, -0.2) is 79.1 Å². The van der Waals surface area contributed by atoms with Crippen LogP contribution in [0.25, 0.3) is 0 Å². The van der Waals surface area contributed by atoms with Gasteiger partial charge in [0, 0.05) is 43.6 Å². The minimum absolute atomic E-state index is 0.188. The molecule has 2 saturated heterocycles. The van der Waals surface area contributed by atoms with Gasteiger partial charge in [-0.15, -0.1) is 11.3 Å². The Bertz CT molecular complexity index is 578. The lowest BCUT2D eigenvalue weighted by atomic mass is 10.2. The highest BCUT2D eigenvalue weighted by Crippen LogP contribution is 2.25. The van der Waals surface area contributed by atoms with Crippen molar-refractivity contribution in [1.82, 2.24) is 14.7 Å². The molecule has 2 fully saturated rings. The summed E-state index contributed by atoms with van der Waals surface area (Å²) in [7, 11) is 0. The topological polar surface area (TPSA) is 59.8 Å². The van der Waals surface area contributed by atoms with Crippen molar-refractivity contribution >= 4 is 17.2 Å². The predicted molar refractivity (Wildman–Crippen MR) is 92.7 cm³/mol. The van der Waals surface area contributed by atoms with Crippen LogP contribution < -0.4 is 0 Å². The van der Waals surface area contributed by atoms with E-state index in [2.05, 4.69) is 22.8 Å². The molecule has 7 heteroatoms. The summed E-state index contributed by atoms with van der Waals surface area (Å²) in [6.07, 6.45) is 0. The number of carbonyl (C=O) groups is 1. The molecule has 0 spiro atoms. The van der Waals surface area contributed by atoms with Crippen molar-refractivity contribution in [3.05, 3.63) is 22.4 Å². The molecule has 2 aliphatic rings. The molecule has 3 heterocycles. The fourth-order valence-electron chi connectivity index (χ4n) is 3.27. The standard InChI is InChI=1S/C17H24N4O2S/c1-14-13-23-9-8-21(14)12-17(22)20-6-4-19(5-7-20)15(11-18)16-3-2-10-24-16/h2-3,10,14-15H,4-9,12-13H2,1H3/t14-,15-/m0/s1. The average Bonchev–Trinajstić information content (AvgIpc) is 3.12. The summed E-state index contributed by atoms with van der Waals surface area (Å²) in [5.41, 5.74) is 0. The Hall–Kier alpha value is -1.46. The van der Waals surface area contributed by atoms with E-state index in [-0.39, 0.29) is 11.9 Å². The summed E-state index contributed by atoms with van der Waals surface area (Å²) < 4.78 is 5.42. The van der Waals surface area contributed by atoms with Crippen molar-refractivity contribution in [2.75, 3.05) is 52.5 Å². The zero-order valence-electron chi connectivity index (χ0n) is 14.1. The second-order valence-corrected chi connectivity index (χ2v) is 7.34. The van der Waals surface area contributed by atoms with Crippen LogP contribution >= 0.6 is 11.3 Å². The number of thiophene rings is 1. The Balaban J connectivity index is 1.51. The van der Waals surface area contributed by atoms with Crippen molar-refractivity contribution in [3.63, 3.8) is 0 Å². The first-order valence-electron chi connectivity index (χ1n) is 8.45. The van der Waals surface area contributed by atoms with Crippen molar-refractivity contribution in [2.45, 2.75) is 19.0 Å². The summed E-state index contributed by atoms with van der Waals surface area (Å²) in [5, 5.41) is 11.5. The fraction of sp³-hybridized carbons (Fsp3) is 0.647. The molecule has 0 saturated carbocycles. The van der Waals surface area contributed by atoms with Crippen LogP contribution in [0.2, 0.25) is 0 Å². The predicted octanol–water partition coefficient (Wildman–Crippen LogP) is 1.18. The molecule has 0 unspecified atom stereocenters. The van der Waals surface area contributed by atoms with Gasteiger partial charge in [-0.1, -0.05) is 6.07 Å². The van der Waals surface area contributed by atoms with Gasteiger partial charge in [-0.25, -0.2) is 0 Å². The monoisotopic (exact) mass is 348 g/mol. The minimum atomic E-state index is -0.193. The summed E-state index contributed by atoms with van der Waals surface area (Å²) in [5.74, 6) is 0.188. The third kappa shape index (κ3) is 3.95. The van der Waals surface area contributed by atoms with Gasteiger partial charge in [0.1, 0.15) is 6.04 Å². The zero-order valence-corrected chi connectivity index (χ0v) is 14.9. The van der Waals surface area contributed by atoms with Gasteiger partial charge in [-0.3, -0.25) is 14.6 Å². The van der Waals surface area contributed by atoms with Crippen molar-refractivity contribution in [2.24, 2.45) is 0 Å². The largest absolute Gasteiger partial charge is 0.379 e. The molecule has 2 atom stereocenters. The quantitative estimate of drug-likeness (QED) is 0.818. The molecule has 0 N–H and O–H groups in total. The Morgan fingerprint density at radius 1 is 1.42 bits per heavy atom. The number of rotatable bonds is 4. The fourth-order valence-corrected chi connectivity index (χ4v) is 4.07. The van der Waals surface area contributed by atoms with E-state index in [1.54, 1.807) is 11.3 Å². The maximum atomic E-state index is 12.5. The van der Waals surface area contributed by atoms with E-state index in [0.717, 1.165) is 24.5 Å². The molecule has 6 nitrogen and oxygen atoms in total. The molecular weight excluding hydrogens is 324 g/mol. The first-order chi connectivity index (χ1) is 11.7. The first-order valence-corrected chi connectivity index (χ1v) is 9.33. The van der Waals surface area contributed by atoms with Gasteiger partial charge >= 0.3 is 0 Å². The number of piperazine rings is 1. The third-order valence-electron chi connectivity index (χ3n) is 4.81. The number of nitriles is 1. The van der Waals surface area contributed by atoms with E-state index in [4.69, 9.17) is 4.74 Å². The van der Waals surface area contributed by atoms with Crippen molar-refractivity contribution in [1.29, 1.82) is 5.26 Å². The highest BCUT2D eigenvalue weighted by atomic mass is 32.1. The Labute approximate surface area is 147 Å². The molecule has 0 radical (unpaired) electrons. The molecule has 24 heavy (non-hydrogen) atoms. The summed E-state index contributed by atoms with van der Waals surface area (Å²) in [6.45, 7) is 7.69. The number of carbonyl (C=O) groups excluding carboxylic acids is 1. The molecule has 0 aliphatic carbocycles. The number of ether oxygens (including phenoxy) is 1. The average molecular weight is 348 g/mol. The molecule has 1 aromatic heterocycles. The van der Waals surface area contributed by atoms with Crippen LogP contribution in [0.3, 0.4) is 0 Å². The highest BCUT2D eigenvalue weighted by Gasteiger charge is 2.29. The lowest BCUT2D eigenvalue weighted by Gasteiger charge is -2.39. The van der Waals surface area contributed by atoms with E-state index in [9.17, 15) is 10.1 Å². The van der Waals surface area contributed by atoms with E-state index in [0.29, 0.717) is 38.9 Å². The van der Waals surface area contributed by atoms with Gasteiger partial charge in [-0.2, -0.15) is 5.26 Å². The van der Waals surface area contributed by atoms with Crippen molar-refractivity contribution in [3.8, 4) is 6.07 Å². The Morgan fingerprint density at radius 2 is 2.21 bits per heavy atom. The van der Waals surface area contributed by atoms with Gasteiger partial charge in [0.25, 0.3) is 0 Å². The van der Waals surface area contributed by atoms with E-state index >= 15 is 0 Å². The van der Waals surface area contributed by atoms with Gasteiger partial charge < -0.3 is 9.64 Å². The SMILES string of the molecule is C[C@H]1COCCN1CC(=O)N1CCN([C@@H](C#N)c2cccs2)CC1. The van der Waals surface area contributed by atoms with Gasteiger partial charge in [0.2, 0.25) is 5.91 Å². The third-order valence-corrected chi connectivity index (χ3v) is 5.74. The lowest BCUT2D eigenvalue weighted by Crippen LogP contribution is -2.54. The number of nitrogens with zero attached hydrogens (tertiary/aromatic N) is 4. The van der Waals surface area contributed by atoms with Crippen LogP contribution in [0.5, 0.6) is 0 Å². The van der Waals surface area contributed by atoms with Crippen LogP contribution in [0.4, 0.5) is 0 Å². The molecule has 130 valence electrons. The Kier molecular flexibility index (Phi) is 5.85. The molecule has 2 aliphatic heterocycles. The maximum absolute atomic E-state index is 12.5. The van der Waals surface area contributed by atoms with Gasteiger partial charge in [0.15, 0.2) is 0 Å². The van der Waals surface area contributed by atoms with Crippen molar-refractivity contribution < 1.29 is 9.53 Å². The number of hydrogen-bond donors (Lipinski definition) is 0. The van der Waals surface area contributed by atoms with Crippen LogP contribution in [0.15, 0.2) is 17.5 Å². The Morgan fingerprint density at radius 3 is 2.83 bits per heavy atom. The second-order valence-electron chi connectivity index (χ2n) is 6.36. The first kappa shape index (κ1) is 17.4. The van der Waals surface area contributed by atoms with Crippen LogP contribution in [0.1, 0.15) is 17.8 Å². The van der Waals surface area contributed by atoms with Crippen LogP contribution in [-0.2, 0) is 9.53 Å². The van der Waals surface area contributed by atoms with E-state index in [1.807, 2.05) is 22.4 Å². The molecule has 1 amide bonds. The normalized spacial score (nSPS) is 24.5. The molecule has 0 aromatic carbocycles. The molecule has 1 aromatic rings. The number of amides is 1. The lowest BCUT2D eigenvalue weighted by molar-refractivity contribution is -0.136. The summed E-state index contributed by atoms with van der Waals surface area (Å²) in [6, 6.07) is 6.49. The van der Waals surface area contributed by atoms with Crippen LogP contribution in [0, 0.1) is 11.3 Å². The summed E-state index contributed by atoms with van der Waals surface area (Å²) in [4.78, 5) is 19.9. The molecule has 3 rings (SSSR count). The van der Waals surface area contributed by atoms with Gasteiger partial charge in [-0.05, 0) is 18.4 Å².